The highest BCUT2D eigenvalue weighted by Crippen LogP contribution is 2.41. The molecule has 6 heteroatoms. The van der Waals surface area contributed by atoms with Gasteiger partial charge in [0.15, 0.2) is 0 Å². The van der Waals surface area contributed by atoms with Crippen LogP contribution in [-0.2, 0) is 0 Å². The van der Waals surface area contributed by atoms with Crippen LogP contribution in [0, 0.1) is 5.82 Å². The summed E-state index contributed by atoms with van der Waals surface area (Å²) in [5.74, 6) is -0.963. The lowest BCUT2D eigenvalue weighted by molar-refractivity contribution is 0.100. The first kappa shape index (κ1) is 16.2. The van der Waals surface area contributed by atoms with Crippen molar-refractivity contribution in [3.05, 3.63) is 71.4 Å². The molecule has 0 aliphatic carbocycles. The van der Waals surface area contributed by atoms with Crippen molar-refractivity contribution in [3.8, 4) is 22.4 Å². The van der Waals surface area contributed by atoms with Crippen LogP contribution in [0.3, 0.4) is 0 Å². The Hall–Kier alpha value is -3.25. The molecule has 2 aromatic heterocycles. The fourth-order valence-corrected chi connectivity index (χ4v) is 3.93. The molecule has 0 bridgehead atoms. The lowest BCUT2D eigenvalue weighted by Gasteiger charge is -2.09. The lowest BCUT2D eigenvalue weighted by atomic mass is 9.99. The molecular weight excluding hydrogens is 349 g/mol. The van der Waals surface area contributed by atoms with Gasteiger partial charge in [0.1, 0.15) is 15.5 Å². The van der Waals surface area contributed by atoms with E-state index in [4.69, 9.17) is 11.5 Å². The summed E-state index contributed by atoms with van der Waals surface area (Å²) >= 11 is 1.12. The Bertz CT molecular complexity index is 1140. The molecule has 0 aliphatic rings. The summed E-state index contributed by atoms with van der Waals surface area (Å²) in [7, 11) is 0. The molecule has 4 N–H and O–H groups in total. The molecule has 0 radical (unpaired) electrons. The van der Waals surface area contributed by atoms with Gasteiger partial charge in [-0.15, -0.1) is 11.3 Å². The van der Waals surface area contributed by atoms with E-state index >= 15 is 0 Å². The van der Waals surface area contributed by atoms with Gasteiger partial charge < -0.3 is 11.5 Å². The zero-order valence-electron chi connectivity index (χ0n) is 13.6. The maximum absolute atomic E-state index is 14.3. The maximum atomic E-state index is 14.3. The van der Waals surface area contributed by atoms with Crippen LogP contribution < -0.4 is 11.5 Å². The zero-order valence-corrected chi connectivity index (χ0v) is 14.4. The van der Waals surface area contributed by atoms with Crippen LogP contribution in [0.1, 0.15) is 9.67 Å². The molecule has 4 aromatic rings. The minimum Gasteiger partial charge on any atom is -0.397 e. The molecule has 2 heterocycles. The van der Waals surface area contributed by atoms with Gasteiger partial charge in [-0.25, -0.2) is 9.37 Å². The summed E-state index contributed by atoms with van der Waals surface area (Å²) in [6.07, 6.45) is 0. The normalized spacial score (nSPS) is 11.0. The molecule has 0 fully saturated rings. The molecule has 2 aromatic carbocycles. The van der Waals surface area contributed by atoms with Crippen LogP contribution in [0.25, 0.3) is 32.6 Å². The quantitative estimate of drug-likeness (QED) is 0.564. The third kappa shape index (κ3) is 2.60. The fraction of sp³-hybridized carbons (Fsp3) is 0. The Morgan fingerprint density at radius 1 is 1.00 bits per heavy atom. The molecule has 0 saturated heterocycles. The Morgan fingerprint density at radius 2 is 1.69 bits per heavy atom. The minimum atomic E-state index is -0.600. The number of halogens is 1. The Morgan fingerprint density at radius 3 is 2.38 bits per heavy atom. The van der Waals surface area contributed by atoms with Crippen LogP contribution in [-0.4, -0.2) is 10.9 Å². The fourth-order valence-electron chi connectivity index (χ4n) is 2.96. The number of rotatable bonds is 3. The summed E-state index contributed by atoms with van der Waals surface area (Å²) in [4.78, 5) is 17.1. The van der Waals surface area contributed by atoms with Gasteiger partial charge in [-0.3, -0.25) is 4.79 Å². The second kappa shape index (κ2) is 6.24. The number of nitrogen functional groups attached to an aromatic ring is 1. The van der Waals surface area contributed by atoms with Crippen molar-refractivity contribution in [1.29, 1.82) is 0 Å². The van der Waals surface area contributed by atoms with Crippen molar-refractivity contribution in [2.75, 3.05) is 5.73 Å². The van der Waals surface area contributed by atoms with E-state index in [-0.39, 0.29) is 10.7 Å². The average molecular weight is 363 g/mol. The molecule has 0 aliphatic heterocycles. The third-order valence-electron chi connectivity index (χ3n) is 4.16. The molecule has 26 heavy (non-hydrogen) atoms. The number of hydrogen-bond donors (Lipinski definition) is 2. The standard InChI is InChI=1S/C20H14FN3OS/c21-14-9-5-4-8-12(14)15-10-13(11-6-2-1-3-7-11)16-17(22)18(19(23)25)26-20(16)24-15/h1-10H,22H2,(H2,23,25). The van der Waals surface area contributed by atoms with E-state index in [1.165, 1.54) is 6.07 Å². The number of nitrogens with two attached hydrogens (primary N) is 2. The molecule has 0 saturated carbocycles. The summed E-state index contributed by atoms with van der Waals surface area (Å²) in [5, 5.41) is 0.662. The van der Waals surface area contributed by atoms with Crippen LogP contribution in [0.2, 0.25) is 0 Å². The van der Waals surface area contributed by atoms with Crippen LogP contribution in [0.5, 0.6) is 0 Å². The molecule has 4 rings (SSSR count). The molecule has 1 amide bonds. The van der Waals surface area contributed by atoms with Gasteiger partial charge in [-0.05, 0) is 29.3 Å². The number of hydrogen-bond acceptors (Lipinski definition) is 4. The number of aromatic nitrogens is 1. The Balaban J connectivity index is 2.09. The first-order valence-corrected chi connectivity index (χ1v) is 8.71. The van der Waals surface area contributed by atoms with Gasteiger partial charge >= 0.3 is 0 Å². The SMILES string of the molecule is NC(=O)c1sc2nc(-c3ccccc3F)cc(-c3ccccc3)c2c1N. The summed E-state index contributed by atoms with van der Waals surface area (Å²) in [6.45, 7) is 0. The van der Waals surface area contributed by atoms with Crippen LogP contribution >= 0.6 is 11.3 Å². The number of thiophene rings is 1. The van der Waals surface area contributed by atoms with Crippen molar-refractivity contribution < 1.29 is 9.18 Å². The Labute approximate surface area is 152 Å². The van der Waals surface area contributed by atoms with Gasteiger partial charge in [0.05, 0.1) is 11.4 Å². The van der Waals surface area contributed by atoms with E-state index in [0.29, 0.717) is 27.2 Å². The number of amides is 1. The molecule has 4 nitrogen and oxygen atoms in total. The number of pyridine rings is 1. The predicted molar refractivity (Wildman–Crippen MR) is 103 cm³/mol. The van der Waals surface area contributed by atoms with Crippen molar-refractivity contribution in [3.63, 3.8) is 0 Å². The van der Waals surface area contributed by atoms with Gasteiger partial charge in [0.2, 0.25) is 0 Å². The van der Waals surface area contributed by atoms with E-state index in [9.17, 15) is 9.18 Å². The molecule has 0 atom stereocenters. The third-order valence-corrected chi connectivity index (χ3v) is 5.27. The highest BCUT2D eigenvalue weighted by molar-refractivity contribution is 7.21. The topological polar surface area (TPSA) is 82.0 Å². The predicted octanol–water partition coefficient (Wildman–Crippen LogP) is 4.45. The van der Waals surface area contributed by atoms with Crippen molar-refractivity contribution in [2.24, 2.45) is 5.73 Å². The largest absolute Gasteiger partial charge is 0.397 e. The van der Waals surface area contributed by atoms with E-state index < -0.39 is 5.91 Å². The zero-order chi connectivity index (χ0) is 18.3. The highest BCUT2D eigenvalue weighted by atomic mass is 32.1. The lowest BCUT2D eigenvalue weighted by Crippen LogP contribution is -2.10. The Kier molecular flexibility index (Phi) is 3.89. The second-order valence-corrected chi connectivity index (χ2v) is 6.79. The van der Waals surface area contributed by atoms with Crippen LogP contribution in [0.15, 0.2) is 60.7 Å². The number of anilines is 1. The van der Waals surface area contributed by atoms with E-state index in [2.05, 4.69) is 4.98 Å². The number of carbonyl (C=O) groups excluding carboxylic acids is 1. The molecular formula is C20H14FN3OS. The van der Waals surface area contributed by atoms with Gasteiger partial charge in [-0.2, -0.15) is 0 Å². The van der Waals surface area contributed by atoms with E-state index in [0.717, 1.165) is 22.5 Å². The van der Waals surface area contributed by atoms with Gasteiger partial charge in [-0.1, -0.05) is 42.5 Å². The smallest absolute Gasteiger partial charge is 0.260 e. The maximum Gasteiger partial charge on any atom is 0.260 e. The second-order valence-electron chi connectivity index (χ2n) is 5.79. The van der Waals surface area contributed by atoms with Crippen molar-refractivity contribution >= 4 is 33.1 Å². The van der Waals surface area contributed by atoms with E-state index in [1.54, 1.807) is 24.3 Å². The first-order chi connectivity index (χ1) is 12.6. The average Bonchev–Trinajstić information content (AvgIpc) is 2.99. The number of primary amides is 1. The number of carbonyl (C=O) groups is 1. The van der Waals surface area contributed by atoms with Crippen LogP contribution in [0.4, 0.5) is 10.1 Å². The minimum absolute atomic E-state index is 0.260. The van der Waals surface area contributed by atoms with Gasteiger partial charge in [0.25, 0.3) is 5.91 Å². The number of benzene rings is 2. The molecule has 128 valence electrons. The first-order valence-electron chi connectivity index (χ1n) is 7.89. The summed E-state index contributed by atoms with van der Waals surface area (Å²) in [6, 6.07) is 17.8. The van der Waals surface area contributed by atoms with Gasteiger partial charge in [0, 0.05) is 10.9 Å². The highest BCUT2D eigenvalue weighted by Gasteiger charge is 2.20. The number of nitrogens with zero attached hydrogens (tertiary/aromatic N) is 1. The molecule has 0 spiro atoms. The van der Waals surface area contributed by atoms with E-state index in [1.807, 2.05) is 30.3 Å². The summed E-state index contributed by atoms with van der Waals surface area (Å²) in [5.41, 5.74) is 14.5. The molecule has 0 unspecified atom stereocenters. The monoisotopic (exact) mass is 363 g/mol. The van der Waals surface area contributed by atoms with Crippen molar-refractivity contribution in [2.45, 2.75) is 0 Å². The van der Waals surface area contributed by atoms with Crippen molar-refractivity contribution in [1.82, 2.24) is 4.98 Å². The number of fused-ring (bicyclic) bond motifs is 1. The summed E-state index contributed by atoms with van der Waals surface area (Å²) < 4.78 is 14.3.